The van der Waals surface area contributed by atoms with Gasteiger partial charge in [-0.25, -0.2) is 0 Å². The van der Waals surface area contributed by atoms with E-state index < -0.39 is 0 Å². The van der Waals surface area contributed by atoms with Crippen molar-refractivity contribution < 1.29 is 5.11 Å². The summed E-state index contributed by atoms with van der Waals surface area (Å²) in [5.41, 5.74) is 2.98. The largest absolute Gasteiger partial charge is 0.392 e. The van der Waals surface area contributed by atoms with E-state index in [-0.39, 0.29) is 6.10 Å². The molecule has 1 aromatic rings. The lowest BCUT2D eigenvalue weighted by molar-refractivity contribution is 0.0976. The summed E-state index contributed by atoms with van der Waals surface area (Å²) in [6.45, 7) is 5.06. The summed E-state index contributed by atoms with van der Waals surface area (Å²) in [5, 5.41) is 13.7. The van der Waals surface area contributed by atoms with Crippen LogP contribution in [-0.2, 0) is 12.8 Å². The third-order valence-electron chi connectivity index (χ3n) is 4.56. The van der Waals surface area contributed by atoms with Gasteiger partial charge in [-0.15, -0.1) is 0 Å². The van der Waals surface area contributed by atoms with Crippen LogP contribution in [0.1, 0.15) is 44.2 Å². The predicted molar refractivity (Wildman–Crippen MR) is 80.3 cm³/mol. The van der Waals surface area contributed by atoms with Crippen molar-refractivity contribution in [3.05, 3.63) is 35.4 Å². The van der Waals surface area contributed by atoms with Gasteiger partial charge in [-0.3, -0.25) is 0 Å². The first-order valence-corrected chi connectivity index (χ1v) is 7.72. The molecule has 2 rings (SSSR count). The van der Waals surface area contributed by atoms with E-state index in [4.69, 9.17) is 0 Å². The van der Waals surface area contributed by atoms with Crippen LogP contribution < -0.4 is 5.32 Å². The Balaban J connectivity index is 1.82. The van der Waals surface area contributed by atoms with Crippen LogP contribution in [0, 0.1) is 5.92 Å². The maximum atomic E-state index is 10.2. The first-order valence-electron chi connectivity index (χ1n) is 7.72. The molecular weight excluding hydrogens is 234 g/mol. The van der Waals surface area contributed by atoms with E-state index in [2.05, 4.69) is 43.4 Å². The van der Waals surface area contributed by atoms with Crippen molar-refractivity contribution in [1.82, 2.24) is 5.32 Å². The summed E-state index contributed by atoms with van der Waals surface area (Å²) < 4.78 is 0. The van der Waals surface area contributed by atoms with Crippen LogP contribution in [0.25, 0.3) is 0 Å². The maximum absolute atomic E-state index is 10.2. The molecule has 2 unspecified atom stereocenters. The molecule has 0 bridgehead atoms. The second-order valence-electron chi connectivity index (χ2n) is 5.76. The van der Waals surface area contributed by atoms with Gasteiger partial charge in [-0.2, -0.15) is 0 Å². The summed E-state index contributed by atoms with van der Waals surface area (Å²) in [5.74, 6) is 0.434. The van der Waals surface area contributed by atoms with Gasteiger partial charge in [0.25, 0.3) is 0 Å². The van der Waals surface area contributed by atoms with E-state index in [1.165, 1.54) is 17.5 Å². The summed E-state index contributed by atoms with van der Waals surface area (Å²) in [6.07, 6.45) is 5.37. The van der Waals surface area contributed by atoms with E-state index in [9.17, 15) is 5.11 Å². The number of aryl methyl sites for hydroxylation is 1. The van der Waals surface area contributed by atoms with Crippen LogP contribution >= 0.6 is 0 Å². The van der Waals surface area contributed by atoms with Crippen LogP contribution in [0.3, 0.4) is 0 Å². The number of hydrogen-bond acceptors (Lipinski definition) is 2. The van der Waals surface area contributed by atoms with Crippen molar-refractivity contribution in [2.45, 2.75) is 58.1 Å². The van der Waals surface area contributed by atoms with Crippen molar-refractivity contribution in [3.63, 3.8) is 0 Å². The minimum absolute atomic E-state index is 0.202. The topological polar surface area (TPSA) is 32.3 Å². The number of aliphatic hydroxyl groups is 1. The van der Waals surface area contributed by atoms with E-state index in [0.29, 0.717) is 12.0 Å². The first-order chi connectivity index (χ1) is 9.24. The summed E-state index contributed by atoms with van der Waals surface area (Å²) >= 11 is 0. The second kappa shape index (κ2) is 7.06. The monoisotopic (exact) mass is 261 g/mol. The predicted octanol–water partition coefficient (Wildman–Crippen LogP) is 2.93. The third kappa shape index (κ3) is 3.80. The van der Waals surface area contributed by atoms with E-state index in [0.717, 1.165) is 32.2 Å². The molecule has 1 aliphatic rings. The van der Waals surface area contributed by atoms with Gasteiger partial charge in [0.1, 0.15) is 0 Å². The van der Waals surface area contributed by atoms with Gasteiger partial charge in [0.05, 0.1) is 6.10 Å². The number of rotatable bonds is 6. The minimum atomic E-state index is -0.202. The molecule has 0 aromatic heterocycles. The molecule has 0 radical (unpaired) electrons. The summed E-state index contributed by atoms with van der Waals surface area (Å²) in [4.78, 5) is 0. The van der Waals surface area contributed by atoms with Crippen LogP contribution in [0.2, 0.25) is 0 Å². The van der Waals surface area contributed by atoms with Gasteiger partial charge in [-0.1, -0.05) is 51.0 Å². The number of aliphatic hydroxyl groups excluding tert-OH is 1. The Kier molecular flexibility index (Phi) is 5.41. The van der Waals surface area contributed by atoms with Gasteiger partial charge in [0.2, 0.25) is 0 Å². The number of fused-ring (bicyclic) bond motifs is 1. The highest BCUT2D eigenvalue weighted by molar-refractivity contribution is 5.30. The zero-order valence-electron chi connectivity index (χ0n) is 12.2. The van der Waals surface area contributed by atoms with Gasteiger partial charge in [0.15, 0.2) is 0 Å². The Bertz CT molecular complexity index is 387. The highest BCUT2D eigenvalue weighted by Crippen LogP contribution is 2.21. The van der Waals surface area contributed by atoms with Crippen LogP contribution in [0.15, 0.2) is 24.3 Å². The first kappa shape index (κ1) is 14.5. The van der Waals surface area contributed by atoms with Crippen molar-refractivity contribution in [1.29, 1.82) is 0 Å². The quantitative estimate of drug-likeness (QED) is 0.825. The third-order valence-corrected chi connectivity index (χ3v) is 4.56. The van der Waals surface area contributed by atoms with E-state index in [1.807, 2.05) is 0 Å². The molecule has 1 aliphatic carbocycles. The Hall–Kier alpha value is -0.860. The molecule has 1 aromatic carbocycles. The normalized spacial score (nSPS) is 20.3. The Morgan fingerprint density at radius 2 is 1.89 bits per heavy atom. The van der Waals surface area contributed by atoms with E-state index in [1.54, 1.807) is 0 Å². The molecule has 106 valence electrons. The average molecular weight is 261 g/mol. The highest BCUT2D eigenvalue weighted by Gasteiger charge is 2.20. The molecule has 0 amide bonds. The van der Waals surface area contributed by atoms with Gasteiger partial charge < -0.3 is 10.4 Å². The molecule has 0 fully saturated rings. The number of nitrogens with one attached hydrogen (secondary N) is 1. The zero-order chi connectivity index (χ0) is 13.7. The summed E-state index contributed by atoms with van der Waals surface area (Å²) in [7, 11) is 0. The van der Waals surface area contributed by atoms with Crippen LogP contribution in [-0.4, -0.2) is 23.8 Å². The van der Waals surface area contributed by atoms with Crippen molar-refractivity contribution in [2.24, 2.45) is 5.92 Å². The maximum Gasteiger partial charge on any atom is 0.0692 e. The van der Waals surface area contributed by atoms with Crippen LogP contribution in [0.4, 0.5) is 0 Å². The van der Waals surface area contributed by atoms with Crippen molar-refractivity contribution in [3.8, 4) is 0 Å². The fraction of sp³-hybridized carbons (Fsp3) is 0.647. The highest BCUT2D eigenvalue weighted by atomic mass is 16.3. The van der Waals surface area contributed by atoms with Crippen molar-refractivity contribution in [2.75, 3.05) is 6.54 Å². The smallest absolute Gasteiger partial charge is 0.0692 e. The molecule has 2 nitrogen and oxygen atoms in total. The van der Waals surface area contributed by atoms with Gasteiger partial charge in [-0.05, 0) is 36.3 Å². The van der Waals surface area contributed by atoms with Crippen molar-refractivity contribution >= 4 is 0 Å². The second-order valence-corrected chi connectivity index (χ2v) is 5.76. The fourth-order valence-electron chi connectivity index (χ4n) is 3.16. The summed E-state index contributed by atoms with van der Waals surface area (Å²) in [6, 6.07) is 9.26. The number of benzene rings is 1. The lowest BCUT2D eigenvalue weighted by atomic mass is 9.88. The molecular formula is C17H27NO. The number of hydrogen-bond donors (Lipinski definition) is 2. The fourth-order valence-corrected chi connectivity index (χ4v) is 3.16. The molecule has 0 heterocycles. The minimum Gasteiger partial charge on any atom is -0.392 e. The molecule has 0 saturated heterocycles. The van der Waals surface area contributed by atoms with Gasteiger partial charge in [0, 0.05) is 12.6 Å². The average Bonchev–Trinajstić information content (AvgIpc) is 2.46. The Labute approximate surface area is 117 Å². The Morgan fingerprint density at radius 1 is 1.21 bits per heavy atom. The van der Waals surface area contributed by atoms with Gasteiger partial charge >= 0.3 is 0 Å². The Morgan fingerprint density at radius 3 is 2.58 bits per heavy atom. The molecule has 2 heteroatoms. The standard InChI is InChI=1S/C17H27NO/c1-3-13(4-2)17(19)12-18-16-10-9-14-7-5-6-8-15(14)11-16/h5-8,13,16-19H,3-4,9-12H2,1-2H3. The molecule has 0 saturated carbocycles. The van der Waals surface area contributed by atoms with E-state index >= 15 is 0 Å². The molecule has 2 N–H and O–H groups in total. The SMILES string of the molecule is CCC(CC)C(O)CNC1CCc2ccccc2C1. The zero-order valence-corrected chi connectivity index (χ0v) is 12.2. The molecule has 0 aliphatic heterocycles. The lowest BCUT2D eigenvalue weighted by Gasteiger charge is -2.28. The molecule has 0 spiro atoms. The molecule has 19 heavy (non-hydrogen) atoms. The molecule has 2 atom stereocenters. The van der Waals surface area contributed by atoms with Crippen LogP contribution in [0.5, 0.6) is 0 Å². The lowest BCUT2D eigenvalue weighted by Crippen LogP contribution is -2.41.